The zero-order valence-corrected chi connectivity index (χ0v) is 21.3. The number of benzene rings is 1. The topological polar surface area (TPSA) is 115 Å². The van der Waals surface area contributed by atoms with Gasteiger partial charge < -0.3 is 14.6 Å². The van der Waals surface area contributed by atoms with Crippen LogP contribution in [0.1, 0.15) is 46.5 Å². The third-order valence-electron chi connectivity index (χ3n) is 6.71. The van der Waals surface area contributed by atoms with Gasteiger partial charge in [0, 0.05) is 31.3 Å². The molecule has 1 aromatic carbocycles. The fourth-order valence-corrected chi connectivity index (χ4v) is 5.08. The maximum atomic E-state index is 15.5. The van der Waals surface area contributed by atoms with Crippen molar-refractivity contribution in [1.29, 1.82) is 0 Å². The summed E-state index contributed by atoms with van der Waals surface area (Å²) in [7, 11) is 1.82. The van der Waals surface area contributed by atoms with Crippen molar-refractivity contribution in [3.8, 4) is 34.1 Å². The molecule has 0 spiro atoms. The van der Waals surface area contributed by atoms with Gasteiger partial charge in [0.05, 0.1) is 24.0 Å². The summed E-state index contributed by atoms with van der Waals surface area (Å²) in [5.74, 6) is 0.311. The number of carbonyl (C=O) groups is 1. The van der Waals surface area contributed by atoms with Crippen LogP contribution >= 0.6 is 0 Å². The minimum Gasteiger partial charge on any atom is -0.507 e. The van der Waals surface area contributed by atoms with Gasteiger partial charge in [0.25, 0.3) is 5.88 Å². The number of hydrogen-bond acceptors (Lipinski definition) is 8. The Morgan fingerprint density at radius 1 is 1.16 bits per heavy atom. The van der Waals surface area contributed by atoms with E-state index in [0.717, 1.165) is 24.0 Å². The number of aromatic nitrogens is 5. The third kappa shape index (κ3) is 5.21. The Kier molecular flexibility index (Phi) is 6.47. The molecule has 1 amide bonds. The van der Waals surface area contributed by atoms with Gasteiger partial charge in [0.2, 0.25) is 0 Å². The highest BCUT2D eigenvalue weighted by molar-refractivity contribution is 5.72. The first-order chi connectivity index (χ1) is 17.6. The van der Waals surface area contributed by atoms with E-state index in [0.29, 0.717) is 18.4 Å². The van der Waals surface area contributed by atoms with Gasteiger partial charge in [-0.05, 0) is 57.7 Å². The highest BCUT2D eigenvalue weighted by Crippen LogP contribution is 2.38. The second-order valence-electron chi connectivity index (χ2n) is 10.6. The smallest absolute Gasteiger partial charge is 0.410 e. The first-order valence-electron chi connectivity index (χ1n) is 12.4. The normalized spacial score (nSPS) is 23.5. The van der Waals surface area contributed by atoms with Crippen molar-refractivity contribution >= 4 is 6.09 Å². The van der Waals surface area contributed by atoms with Crippen LogP contribution in [0.4, 0.5) is 9.18 Å². The number of piperidine rings is 2. The molecule has 2 fully saturated rings. The fourth-order valence-electron chi connectivity index (χ4n) is 5.08. The Balaban J connectivity index is 1.28. The SMILES string of the molecule is Cn1cc(-c2ccc(-c3ncc(O[C@@H]4C[C@H]5CCC[C@@H]([C@@H]4F)N5C(=O)OC(C)(C)C)nn3)c(O)c2)cn1. The summed E-state index contributed by atoms with van der Waals surface area (Å²) in [6.45, 7) is 5.40. The van der Waals surface area contributed by atoms with Gasteiger partial charge in [-0.1, -0.05) is 6.07 Å². The second-order valence-corrected chi connectivity index (χ2v) is 10.6. The molecule has 2 saturated heterocycles. The predicted octanol–water partition coefficient (Wildman–Crippen LogP) is 4.29. The van der Waals surface area contributed by atoms with E-state index in [1.807, 2.05) is 19.3 Å². The summed E-state index contributed by atoms with van der Waals surface area (Å²) < 4.78 is 28.6. The van der Waals surface area contributed by atoms with Crippen molar-refractivity contribution in [1.82, 2.24) is 29.9 Å². The highest BCUT2D eigenvalue weighted by atomic mass is 19.1. The zero-order valence-electron chi connectivity index (χ0n) is 21.3. The van der Waals surface area contributed by atoms with E-state index in [9.17, 15) is 9.90 Å². The summed E-state index contributed by atoms with van der Waals surface area (Å²) >= 11 is 0. The van der Waals surface area contributed by atoms with E-state index in [4.69, 9.17) is 9.47 Å². The lowest BCUT2D eigenvalue weighted by molar-refractivity contribution is -0.0802. The van der Waals surface area contributed by atoms with Crippen molar-refractivity contribution in [2.45, 2.75) is 76.4 Å². The molecule has 37 heavy (non-hydrogen) atoms. The largest absolute Gasteiger partial charge is 0.507 e. The minimum atomic E-state index is -1.39. The van der Waals surface area contributed by atoms with Crippen LogP contribution in [0.2, 0.25) is 0 Å². The number of nitrogens with zero attached hydrogens (tertiary/aromatic N) is 6. The van der Waals surface area contributed by atoms with Gasteiger partial charge in [-0.2, -0.15) is 5.10 Å². The minimum absolute atomic E-state index is 0.00276. The summed E-state index contributed by atoms with van der Waals surface area (Å²) in [6.07, 6.45) is 4.78. The lowest BCUT2D eigenvalue weighted by Gasteiger charge is -2.49. The molecule has 2 aliphatic rings. The predicted molar refractivity (Wildman–Crippen MR) is 133 cm³/mol. The van der Waals surface area contributed by atoms with Crippen LogP contribution in [0.3, 0.4) is 0 Å². The van der Waals surface area contributed by atoms with E-state index in [-0.39, 0.29) is 23.5 Å². The molecule has 3 aromatic rings. The van der Waals surface area contributed by atoms with Crippen LogP contribution in [0.15, 0.2) is 36.8 Å². The lowest BCUT2D eigenvalue weighted by atomic mass is 9.82. The van der Waals surface area contributed by atoms with E-state index < -0.39 is 30.0 Å². The Hall–Kier alpha value is -3.76. The second kappa shape index (κ2) is 9.60. The van der Waals surface area contributed by atoms with Crippen LogP contribution in [-0.2, 0) is 11.8 Å². The number of alkyl halides is 1. The first kappa shape index (κ1) is 24.9. The summed E-state index contributed by atoms with van der Waals surface area (Å²) in [5.41, 5.74) is 1.44. The molecule has 196 valence electrons. The van der Waals surface area contributed by atoms with Crippen molar-refractivity contribution in [3.63, 3.8) is 0 Å². The van der Waals surface area contributed by atoms with Gasteiger partial charge in [0.1, 0.15) is 17.5 Å². The number of aromatic hydroxyl groups is 1. The molecule has 2 bridgehead atoms. The van der Waals surface area contributed by atoms with Gasteiger partial charge in [0.15, 0.2) is 12.0 Å². The number of phenols is 1. The first-order valence-corrected chi connectivity index (χ1v) is 12.4. The van der Waals surface area contributed by atoms with E-state index in [1.54, 1.807) is 48.7 Å². The van der Waals surface area contributed by atoms with E-state index >= 15 is 4.39 Å². The van der Waals surface area contributed by atoms with Crippen LogP contribution in [-0.4, -0.2) is 71.0 Å². The Morgan fingerprint density at radius 3 is 2.62 bits per heavy atom. The number of carbonyl (C=O) groups excluding carboxylic acids is 1. The van der Waals surface area contributed by atoms with E-state index in [1.165, 1.54) is 6.20 Å². The monoisotopic (exact) mass is 510 g/mol. The van der Waals surface area contributed by atoms with E-state index in [2.05, 4.69) is 20.3 Å². The molecule has 2 aliphatic heterocycles. The molecular formula is C26H31FN6O4. The van der Waals surface area contributed by atoms with Gasteiger partial charge in [-0.15, -0.1) is 10.2 Å². The molecule has 10 nitrogen and oxygen atoms in total. The number of halogens is 1. The Labute approximate surface area is 214 Å². The molecule has 2 aromatic heterocycles. The van der Waals surface area contributed by atoms with Crippen LogP contribution < -0.4 is 4.74 Å². The van der Waals surface area contributed by atoms with Crippen molar-refractivity contribution in [2.24, 2.45) is 7.05 Å². The van der Waals surface area contributed by atoms with Crippen molar-refractivity contribution in [3.05, 3.63) is 36.8 Å². The molecular weight excluding hydrogens is 479 g/mol. The fraction of sp³-hybridized carbons (Fsp3) is 0.500. The summed E-state index contributed by atoms with van der Waals surface area (Å²) in [5, 5.41) is 22.9. The summed E-state index contributed by atoms with van der Waals surface area (Å²) in [4.78, 5) is 18.6. The number of fused-ring (bicyclic) bond motifs is 2. The maximum Gasteiger partial charge on any atom is 0.410 e. The van der Waals surface area contributed by atoms with Crippen molar-refractivity contribution < 1.29 is 23.8 Å². The number of aryl methyl sites for hydroxylation is 1. The average Bonchev–Trinajstić information content (AvgIpc) is 3.28. The van der Waals surface area contributed by atoms with Crippen molar-refractivity contribution in [2.75, 3.05) is 0 Å². The molecule has 0 aliphatic carbocycles. The zero-order chi connectivity index (χ0) is 26.3. The Bertz CT molecular complexity index is 1270. The average molecular weight is 511 g/mol. The lowest BCUT2D eigenvalue weighted by Crippen LogP contribution is -2.63. The molecule has 5 rings (SSSR count). The van der Waals surface area contributed by atoms with Gasteiger partial charge in [-0.25, -0.2) is 14.2 Å². The van der Waals surface area contributed by atoms with Gasteiger partial charge >= 0.3 is 6.09 Å². The van der Waals surface area contributed by atoms with Crippen LogP contribution in [0.5, 0.6) is 11.6 Å². The molecule has 0 saturated carbocycles. The highest BCUT2D eigenvalue weighted by Gasteiger charge is 2.50. The molecule has 4 atom stereocenters. The molecule has 0 radical (unpaired) electrons. The number of hydrogen-bond donors (Lipinski definition) is 1. The molecule has 11 heteroatoms. The maximum absolute atomic E-state index is 15.5. The Morgan fingerprint density at radius 2 is 1.97 bits per heavy atom. The number of rotatable bonds is 4. The number of ether oxygens (including phenoxy) is 2. The quantitative estimate of drug-likeness (QED) is 0.553. The van der Waals surface area contributed by atoms with Crippen LogP contribution in [0, 0.1) is 0 Å². The van der Waals surface area contributed by atoms with Crippen LogP contribution in [0.25, 0.3) is 22.5 Å². The third-order valence-corrected chi connectivity index (χ3v) is 6.71. The summed E-state index contributed by atoms with van der Waals surface area (Å²) in [6, 6.07) is 4.39. The number of amides is 1. The molecule has 4 heterocycles. The van der Waals surface area contributed by atoms with Gasteiger partial charge in [-0.3, -0.25) is 9.58 Å². The molecule has 0 unspecified atom stereocenters. The standard InChI is InChI=1S/C26H31FN6O4/c1-26(2,3)37-25(35)33-17-6-5-7-19(33)23(27)21(11-17)36-22-13-28-24(31-30-22)18-9-8-15(10-20(18)34)16-12-29-32(4)14-16/h8-10,12-14,17,19,21,23,34H,5-7,11H2,1-4H3/t17-,19+,21-,23+/m1/s1. The molecule has 1 N–H and O–H groups in total. The number of phenolic OH excluding ortho intramolecular Hbond substituents is 1.